The zero-order valence-corrected chi connectivity index (χ0v) is 15.1. The maximum absolute atomic E-state index is 10.6. The van der Waals surface area contributed by atoms with Crippen LogP contribution in [0.2, 0.25) is 0 Å². The van der Waals surface area contributed by atoms with Gasteiger partial charge < -0.3 is 9.52 Å². The largest absolute Gasteiger partial charge is 0.455 e. The van der Waals surface area contributed by atoms with Gasteiger partial charge in [0.1, 0.15) is 11.2 Å². The first-order valence-corrected chi connectivity index (χ1v) is 8.68. The molecule has 0 aliphatic carbocycles. The van der Waals surface area contributed by atoms with Crippen LogP contribution in [0.5, 0.6) is 0 Å². The quantitative estimate of drug-likeness (QED) is 0.446. The summed E-state index contributed by atoms with van der Waals surface area (Å²) in [6.45, 7) is 3.61. The standard InChI is InChI=1S/C21H17BrO2/c1-21(2,23)16-9-5-3-7-13(16)14-11-12-17(22)19-15-8-4-6-10-18(15)24-20(14)19/h3-12,23H,1-2H3. The van der Waals surface area contributed by atoms with Crippen molar-refractivity contribution in [1.29, 1.82) is 0 Å². The third kappa shape index (κ3) is 2.36. The first-order valence-electron chi connectivity index (χ1n) is 7.89. The second kappa shape index (κ2) is 5.47. The van der Waals surface area contributed by atoms with E-state index in [1.807, 2.05) is 54.6 Å². The number of aliphatic hydroxyl groups is 1. The van der Waals surface area contributed by atoms with Crippen LogP contribution in [0, 0.1) is 0 Å². The smallest absolute Gasteiger partial charge is 0.144 e. The van der Waals surface area contributed by atoms with Crippen molar-refractivity contribution >= 4 is 37.9 Å². The number of fused-ring (bicyclic) bond motifs is 3. The summed E-state index contributed by atoms with van der Waals surface area (Å²) in [6, 6.07) is 20.1. The predicted molar refractivity (Wildman–Crippen MR) is 102 cm³/mol. The van der Waals surface area contributed by atoms with Crippen molar-refractivity contribution < 1.29 is 9.52 Å². The summed E-state index contributed by atoms with van der Waals surface area (Å²) in [5.41, 5.74) is 3.63. The molecule has 1 aromatic heterocycles. The van der Waals surface area contributed by atoms with Crippen LogP contribution in [-0.4, -0.2) is 5.11 Å². The highest BCUT2D eigenvalue weighted by Crippen LogP contribution is 2.42. The Balaban J connectivity index is 2.12. The topological polar surface area (TPSA) is 33.4 Å². The van der Waals surface area contributed by atoms with Crippen molar-refractivity contribution in [2.45, 2.75) is 19.4 Å². The molecule has 0 saturated carbocycles. The van der Waals surface area contributed by atoms with Crippen molar-refractivity contribution in [3.05, 3.63) is 70.7 Å². The van der Waals surface area contributed by atoms with Crippen LogP contribution in [0.15, 0.2) is 69.6 Å². The fourth-order valence-electron chi connectivity index (χ4n) is 3.25. The van der Waals surface area contributed by atoms with Crippen molar-refractivity contribution in [2.24, 2.45) is 0 Å². The highest BCUT2D eigenvalue weighted by Gasteiger charge is 2.23. The minimum absolute atomic E-state index is 0.835. The molecule has 120 valence electrons. The molecule has 0 atom stereocenters. The van der Waals surface area contributed by atoms with E-state index in [-0.39, 0.29) is 0 Å². The van der Waals surface area contributed by atoms with E-state index in [4.69, 9.17) is 4.42 Å². The second-order valence-electron chi connectivity index (χ2n) is 6.50. The molecule has 1 heterocycles. The number of para-hydroxylation sites is 1. The van der Waals surface area contributed by atoms with Crippen LogP contribution in [0.1, 0.15) is 19.4 Å². The Bertz CT molecular complexity index is 1050. The molecule has 0 amide bonds. The first-order chi connectivity index (χ1) is 11.5. The van der Waals surface area contributed by atoms with Crippen LogP contribution < -0.4 is 0 Å². The molecular weight excluding hydrogens is 364 g/mol. The molecule has 0 unspecified atom stereocenters. The Morgan fingerprint density at radius 2 is 1.58 bits per heavy atom. The van der Waals surface area contributed by atoms with Gasteiger partial charge in [-0.05, 0) is 43.2 Å². The summed E-state index contributed by atoms with van der Waals surface area (Å²) in [7, 11) is 0. The lowest BCUT2D eigenvalue weighted by Crippen LogP contribution is -2.16. The average Bonchev–Trinajstić information content (AvgIpc) is 2.94. The molecule has 4 aromatic rings. The summed E-state index contributed by atoms with van der Waals surface area (Å²) >= 11 is 3.65. The number of furan rings is 1. The number of halogens is 1. The van der Waals surface area contributed by atoms with Gasteiger partial charge in [0, 0.05) is 20.8 Å². The monoisotopic (exact) mass is 380 g/mol. The van der Waals surface area contributed by atoms with E-state index in [0.717, 1.165) is 43.1 Å². The lowest BCUT2D eigenvalue weighted by molar-refractivity contribution is 0.0792. The van der Waals surface area contributed by atoms with Crippen molar-refractivity contribution in [3.8, 4) is 11.1 Å². The van der Waals surface area contributed by atoms with E-state index in [9.17, 15) is 5.11 Å². The minimum atomic E-state index is -0.929. The molecule has 0 bridgehead atoms. The van der Waals surface area contributed by atoms with Gasteiger partial charge in [-0.3, -0.25) is 0 Å². The Hall–Kier alpha value is -2.10. The van der Waals surface area contributed by atoms with E-state index < -0.39 is 5.60 Å². The molecular formula is C21H17BrO2. The van der Waals surface area contributed by atoms with Gasteiger partial charge in [-0.25, -0.2) is 0 Å². The highest BCUT2D eigenvalue weighted by atomic mass is 79.9. The normalized spacial score (nSPS) is 12.2. The third-order valence-electron chi connectivity index (χ3n) is 4.35. The second-order valence-corrected chi connectivity index (χ2v) is 7.36. The molecule has 4 rings (SSSR count). The average molecular weight is 381 g/mol. The Labute approximate surface area is 148 Å². The molecule has 3 aromatic carbocycles. The van der Waals surface area contributed by atoms with Gasteiger partial charge in [0.25, 0.3) is 0 Å². The molecule has 3 heteroatoms. The number of hydrogen-bond donors (Lipinski definition) is 1. The SMILES string of the molecule is CC(C)(O)c1ccccc1-c1ccc(Br)c2c1oc1ccccc12. The fourth-order valence-corrected chi connectivity index (χ4v) is 3.78. The van der Waals surface area contributed by atoms with Crippen LogP contribution >= 0.6 is 15.9 Å². The van der Waals surface area contributed by atoms with Gasteiger partial charge in [-0.2, -0.15) is 0 Å². The molecule has 0 spiro atoms. The summed E-state index contributed by atoms with van der Waals surface area (Å²) in [4.78, 5) is 0. The molecule has 0 fully saturated rings. The van der Waals surface area contributed by atoms with Crippen LogP contribution in [0.25, 0.3) is 33.1 Å². The molecule has 0 aliphatic heterocycles. The summed E-state index contributed by atoms with van der Waals surface area (Å²) in [6.07, 6.45) is 0. The molecule has 0 saturated heterocycles. The zero-order chi connectivity index (χ0) is 16.9. The highest BCUT2D eigenvalue weighted by molar-refractivity contribution is 9.10. The first kappa shape index (κ1) is 15.4. The minimum Gasteiger partial charge on any atom is -0.455 e. The molecule has 0 radical (unpaired) electrons. The predicted octanol–water partition coefficient (Wildman–Crippen LogP) is 6.24. The lowest BCUT2D eigenvalue weighted by atomic mass is 9.89. The number of hydrogen-bond acceptors (Lipinski definition) is 2. The Morgan fingerprint density at radius 1 is 0.875 bits per heavy atom. The maximum Gasteiger partial charge on any atom is 0.144 e. The summed E-state index contributed by atoms with van der Waals surface area (Å²) < 4.78 is 7.18. The van der Waals surface area contributed by atoms with Crippen molar-refractivity contribution in [2.75, 3.05) is 0 Å². The van der Waals surface area contributed by atoms with Crippen LogP contribution in [-0.2, 0) is 5.60 Å². The van der Waals surface area contributed by atoms with Crippen LogP contribution in [0.4, 0.5) is 0 Å². The Kier molecular flexibility index (Phi) is 3.52. The van der Waals surface area contributed by atoms with Gasteiger partial charge in [-0.15, -0.1) is 0 Å². The van der Waals surface area contributed by atoms with E-state index in [2.05, 4.69) is 22.0 Å². The van der Waals surface area contributed by atoms with Gasteiger partial charge in [0.2, 0.25) is 0 Å². The number of benzene rings is 3. The van der Waals surface area contributed by atoms with E-state index >= 15 is 0 Å². The van der Waals surface area contributed by atoms with Gasteiger partial charge in [-0.1, -0.05) is 58.4 Å². The molecule has 1 N–H and O–H groups in total. The van der Waals surface area contributed by atoms with E-state index in [0.29, 0.717) is 0 Å². The fraction of sp³-hybridized carbons (Fsp3) is 0.143. The van der Waals surface area contributed by atoms with Gasteiger partial charge >= 0.3 is 0 Å². The van der Waals surface area contributed by atoms with Crippen LogP contribution in [0.3, 0.4) is 0 Å². The van der Waals surface area contributed by atoms with E-state index in [1.165, 1.54) is 0 Å². The summed E-state index contributed by atoms with van der Waals surface area (Å²) in [5.74, 6) is 0. The maximum atomic E-state index is 10.6. The molecule has 2 nitrogen and oxygen atoms in total. The van der Waals surface area contributed by atoms with Crippen molar-refractivity contribution in [1.82, 2.24) is 0 Å². The van der Waals surface area contributed by atoms with E-state index in [1.54, 1.807) is 13.8 Å². The molecule has 0 aliphatic rings. The van der Waals surface area contributed by atoms with Crippen molar-refractivity contribution in [3.63, 3.8) is 0 Å². The number of rotatable bonds is 2. The summed E-state index contributed by atoms with van der Waals surface area (Å²) in [5, 5.41) is 12.7. The zero-order valence-electron chi connectivity index (χ0n) is 13.5. The van der Waals surface area contributed by atoms with Gasteiger partial charge in [0.15, 0.2) is 0 Å². The third-order valence-corrected chi connectivity index (χ3v) is 5.01. The van der Waals surface area contributed by atoms with Gasteiger partial charge in [0.05, 0.1) is 5.60 Å². The Morgan fingerprint density at radius 3 is 2.38 bits per heavy atom. The lowest BCUT2D eigenvalue weighted by Gasteiger charge is -2.22. The molecule has 24 heavy (non-hydrogen) atoms.